The number of carbonyl (C=O) groups excluding carboxylic acids is 1. The first-order valence-electron chi connectivity index (χ1n) is 7.78. The molecule has 1 aromatic carbocycles. The lowest BCUT2D eigenvalue weighted by atomic mass is 10.1. The van der Waals surface area contributed by atoms with Crippen molar-refractivity contribution in [1.82, 2.24) is 25.2 Å². The van der Waals surface area contributed by atoms with E-state index in [1.807, 2.05) is 31.2 Å². The average molecular weight is 321 g/mol. The quantitative estimate of drug-likeness (QED) is 0.734. The minimum atomic E-state index is -0.261. The Morgan fingerprint density at radius 3 is 2.88 bits per heavy atom. The Morgan fingerprint density at radius 2 is 2.12 bits per heavy atom. The smallest absolute Gasteiger partial charge is 0.255 e. The summed E-state index contributed by atoms with van der Waals surface area (Å²) < 4.78 is 5.41. The summed E-state index contributed by atoms with van der Waals surface area (Å²) in [6.07, 6.45) is 2.27. The highest BCUT2D eigenvalue weighted by Gasteiger charge is 2.35. The molecule has 7 nitrogen and oxygen atoms in total. The molecule has 0 spiro atoms. The van der Waals surface area contributed by atoms with Crippen molar-refractivity contribution in [2.45, 2.75) is 25.9 Å². The zero-order valence-electron chi connectivity index (χ0n) is 13.1. The van der Waals surface area contributed by atoms with Gasteiger partial charge in [-0.2, -0.15) is 10.1 Å². The highest BCUT2D eigenvalue weighted by atomic mass is 16.5. The summed E-state index contributed by atoms with van der Waals surface area (Å²) in [6, 6.07) is 10.9. The molecule has 0 unspecified atom stereocenters. The maximum Gasteiger partial charge on any atom is 0.255 e. The largest absolute Gasteiger partial charge is 0.337 e. The fourth-order valence-electron chi connectivity index (χ4n) is 2.95. The van der Waals surface area contributed by atoms with Gasteiger partial charge in [-0.15, -0.1) is 5.10 Å². The van der Waals surface area contributed by atoms with Crippen molar-refractivity contribution in [2.75, 3.05) is 0 Å². The van der Waals surface area contributed by atoms with Crippen molar-refractivity contribution in [3.05, 3.63) is 59.6 Å². The maximum atomic E-state index is 12.7. The van der Waals surface area contributed by atoms with Gasteiger partial charge < -0.3 is 9.42 Å². The molecule has 24 heavy (non-hydrogen) atoms. The van der Waals surface area contributed by atoms with Crippen molar-refractivity contribution in [3.8, 4) is 11.5 Å². The number of fused-ring (bicyclic) bond motifs is 1. The zero-order valence-corrected chi connectivity index (χ0v) is 13.1. The van der Waals surface area contributed by atoms with Gasteiger partial charge in [-0.25, -0.2) is 0 Å². The van der Waals surface area contributed by atoms with Crippen LogP contribution in [0.5, 0.6) is 0 Å². The summed E-state index contributed by atoms with van der Waals surface area (Å²) in [5.74, 6) is 0.789. The minimum Gasteiger partial charge on any atom is -0.337 e. The minimum absolute atomic E-state index is 0.00305. The van der Waals surface area contributed by atoms with E-state index in [9.17, 15) is 4.79 Å². The fraction of sp³-hybridized carbons (Fsp3) is 0.235. The number of hydrogen-bond donors (Lipinski definition) is 0. The fourth-order valence-corrected chi connectivity index (χ4v) is 2.95. The highest BCUT2D eigenvalue weighted by Crippen LogP contribution is 2.33. The van der Waals surface area contributed by atoms with Crippen LogP contribution in [0.1, 0.15) is 41.2 Å². The Balaban J connectivity index is 1.64. The van der Waals surface area contributed by atoms with Crippen LogP contribution >= 0.6 is 0 Å². The standard InChI is InChI=1S/C17H15N5O2/c1-2-14(22-10-11-6-3-4-7-12(11)17(22)23)16-19-15(21-24-16)13-8-5-9-18-20-13/h3-9,14H,2,10H2,1H3/t14-/m1/s1. The molecular formula is C17H15N5O2. The van der Waals surface area contributed by atoms with E-state index in [1.54, 1.807) is 23.2 Å². The third-order valence-corrected chi connectivity index (χ3v) is 4.14. The zero-order chi connectivity index (χ0) is 16.5. The molecule has 3 heterocycles. The van der Waals surface area contributed by atoms with Gasteiger partial charge in [0.2, 0.25) is 11.7 Å². The van der Waals surface area contributed by atoms with Crippen molar-refractivity contribution in [2.24, 2.45) is 0 Å². The summed E-state index contributed by atoms with van der Waals surface area (Å²) in [4.78, 5) is 18.9. The molecule has 120 valence electrons. The first-order valence-corrected chi connectivity index (χ1v) is 7.78. The predicted octanol–water partition coefficient (Wildman–Crippen LogP) is 2.63. The van der Waals surface area contributed by atoms with E-state index < -0.39 is 0 Å². The van der Waals surface area contributed by atoms with Gasteiger partial charge >= 0.3 is 0 Å². The molecule has 0 bridgehead atoms. The third-order valence-electron chi connectivity index (χ3n) is 4.14. The second-order valence-corrected chi connectivity index (χ2v) is 5.58. The van der Waals surface area contributed by atoms with Gasteiger partial charge in [-0.3, -0.25) is 4.79 Å². The van der Waals surface area contributed by atoms with Crippen LogP contribution < -0.4 is 0 Å². The van der Waals surface area contributed by atoms with Gasteiger partial charge in [-0.1, -0.05) is 30.3 Å². The molecule has 0 aliphatic carbocycles. The van der Waals surface area contributed by atoms with E-state index in [4.69, 9.17) is 4.52 Å². The van der Waals surface area contributed by atoms with Crippen LogP contribution in [-0.4, -0.2) is 31.1 Å². The van der Waals surface area contributed by atoms with E-state index in [1.165, 1.54) is 0 Å². The molecule has 0 saturated carbocycles. The molecule has 3 aromatic rings. The molecule has 1 aliphatic rings. The molecule has 0 N–H and O–H groups in total. The number of nitrogens with zero attached hydrogens (tertiary/aromatic N) is 5. The summed E-state index contributed by atoms with van der Waals surface area (Å²) >= 11 is 0. The summed E-state index contributed by atoms with van der Waals surface area (Å²) in [7, 11) is 0. The second-order valence-electron chi connectivity index (χ2n) is 5.58. The Labute approximate surface area is 138 Å². The van der Waals surface area contributed by atoms with Gasteiger partial charge in [-0.05, 0) is 30.2 Å². The number of carbonyl (C=O) groups is 1. The Bertz CT molecular complexity index is 877. The second kappa shape index (κ2) is 5.84. The van der Waals surface area contributed by atoms with Gasteiger partial charge in [0.15, 0.2) is 0 Å². The van der Waals surface area contributed by atoms with Crippen LogP contribution in [0.25, 0.3) is 11.5 Å². The van der Waals surface area contributed by atoms with E-state index in [0.29, 0.717) is 30.4 Å². The van der Waals surface area contributed by atoms with E-state index in [0.717, 1.165) is 11.1 Å². The van der Waals surface area contributed by atoms with Gasteiger partial charge in [0.05, 0.1) is 0 Å². The van der Waals surface area contributed by atoms with Crippen LogP contribution in [-0.2, 0) is 6.54 Å². The first-order chi connectivity index (χ1) is 11.8. The molecule has 0 fully saturated rings. The lowest BCUT2D eigenvalue weighted by Crippen LogP contribution is -2.29. The monoisotopic (exact) mass is 321 g/mol. The Kier molecular flexibility index (Phi) is 3.53. The highest BCUT2D eigenvalue weighted by molar-refractivity contribution is 5.98. The number of hydrogen-bond acceptors (Lipinski definition) is 6. The molecule has 0 radical (unpaired) electrons. The predicted molar refractivity (Wildman–Crippen MR) is 84.7 cm³/mol. The molecule has 0 saturated heterocycles. The molecule has 1 atom stereocenters. The van der Waals surface area contributed by atoms with Gasteiger partial charge in [0.1, 0.15) is 11.7 Å². The maximum absolute atomic E-state index is 12.7. The van der Waals surface area contributed by atoms with Crippen molar-refractivity contribution < 1.29 is 9.32 Å². The van der Waals surface area contributed by atoms with E-state index >= 15 is 0 Å². The van der Waals surface area contributed by atoms with Crippen LogP contribution in [0.3, 0.4) is 0 Å². The molecular weight excluding hydrogens is 306 g/mol. The van der Waals surface area contributed by atoms with E-state index in [2.05, 4.69) is 20.3 Å². The Hall–Kier alpha value is -3.09. The molecule has 1 aliphatic heterocycles. The van der Waals surface area contributed by atoms with E-state index in [-0.39, 0.29) is 11.9 Å². The summed E-state index contributed by atoms with van der Waals surface area (Å²) in [5, 5.41) is 11.8. The lowest BCUT2D eigenvalue weighted by Gasteiger charge is -2.23. The SMILES string of the molecule is CC[C@H](c1nc(-c2cccnn2)no1)N1Cc2ccccc2C1=O. The normalized spacial score (nSPS) is 14.7. The summed E-state index contributed by atoms with van der Waals surface area (Å²) in [6.45, 7) is 2.55. The van der Waals surface area contributed by atoms with Gasteiger partial charge in [0, 0.05) is 18.3 Å². The Morgan fingerprint density at radius 1 is 1.25 bits per heavy atom. The van der Waals surface area contributed by atoms with Crippen LogP contribution in [0, 0.1) is 0 Å². The number of rotatable bonds is 4. The van der Waals surface area contributed by atoms with Crippen LogP contribution in [0.15, 0.2) is 47.1 Å². The summed E-state index contributed by atoms with van der Waals surface area (Å²) in [5.41, 5.74) is 2.30. The third kappa shape index (κ3) is 2.34. The topological polar surface area (TPSA) is 85.0 Å². The molecule has 4 rings (SSSR count). The van der Waals surface area contributed by atoms with Crippen molar-refractivity contribution in [1.29, 1.82) is 0 Å². The number of benzene rings is 1. The van der Waals surface area contributed by atoms with Crippen LogP contribution in [0.4, 0.5) is 0 Å². The number of aromatic nitrogens is 4. The van der Waals surface area contributed by atoms with Crippen molar-refractivity contribution >= 4 is 5.91 Å². The van der Waals surface area contributed by atoms with Gasteiger partial charge in [0.25, 0.3) is 5.91 Å². The average Bonchev–Trinajstić information content (AvgIpc) is 3.23. The molecule has 2 aromatic heterocycles. The number of amides is 1. The lowest BCUT2D eigenvalue weighted by molar-refractivity contribution is 0.0658. The first kappa shape index (κ1) is 14.5. The van der Waals surface area contributed by atoms with Crippen molar-refractivity contribution in [3.63, 3.8) is 0 Å². The molecule has 1 amide bonds. The molecule has 7 heteroatoms. The van der Waals surface area contributed by atoms with Crippen LogP contribution in [0.2, 0.25) is 0 Å².